The molecule has 0 radical (unpaired) electrons. The Kier molecular flexibility index (Phi) is 6.55. The Morgan fingerprint density at radius 1 is 1.52 bits per heavy atom. The van der Waals surface area contributed by atoms with Crippen molar-refractivity contribution < 1.29 is 14.6 Å². The molecule has 0 aliphatic carbocycles. The van der Waals surface area contributed by atoms with Gasteiger partial charge < -0.3 is 20.5 Å². The Balaban J connectivity index is 2.47. The van der Waals surface area contributed by atoms with Crippen molar-refractivity contribution in [2.75, 3.05) is 36.9 Å². The summed E-state index contributed by atoms with van der Waals surface area (Å²) < 4.78 is 3.85. The Bertz CT molecular complexity index is 657. The van der Waals surface area contributed by atoms with Crippen molar-refractivity contribution in [2.24, 2.45) is 0 Å². The van der Waals surface area contributed by atoms with Crippen molar-refractivity contribution in [1.29, 1.82) is 0 Å². The summed E-state index contributed by atoms with van der Waals surface area (Å²) >= 11 is 8.20. The van der Waals surface area contributed by atoms with Crippen LogP contribution < -0.4 is 10.6 Å². The van der Waals surface area contributed by atoms with Gasteiger partial charge in [-0.15, -0.1) is 25.3 Å². The normalized spacial score (nSPS) is 16.4. The SMILES string of the molecule is CC(=C(CC(O)(S)S)N1CCOCC1)N(C=O)c1cnc(C)nc1N. The molecule has 1 amide bonds. The fourth-order valence-corrected chi connectivity index (χ4v) is 2.95. The van der Waals surface area contributed by atoms with Crippen molar-refractivity contribution in [1.82, 2.24) is 14.9 Å². The van der Waals surface area contributed by atoms with E-state index in [0.29, 0.717) is 49.9 Å². The van der Waals surface area contributed by atoms with Gasteiger partial charge in [0, 0.05) is 30.9 Å². The Morgan fingerprint density at radius 2 is 2.16 bits per heavy atom. The lowest BCUT2D eigenvalue weighted by Crippen LogP contribution is -2.39. The van der Waals surface area contributed by atoms with Crippen molar-refractivity contribution in [3.05, 3.63) is 23.4 Å². The molecule has 1 fully saturated rings. The van der Waals surface area contributed by atoms with Gasteiger partial charge in [0.15, 0.2) is 10.1 Å². The van der Waals surface area contributed by atoms with E-state index in [1.807, 2.05) is 4.90 Å². The van der Waals surface area contributed by atoms with Crippen molar-refractivity contribution in [2.45, 2.75) is 24.5 Å². The van der Waals surface area contributed by atoms with Crippen molar-refractivity contribution in [3.63, 3.8) is 0 Å². The number of aromatic nitrogens is 2. The molecule has 0 aromatic carbocycles. The molecule has 2 heterocycles. The highest BCUT2D eigenvalue weighted by Crippen LogP contribution is 2.32. The molecule has 138 valence electrons. The van der Waals surface area contributed by atoms with Crippen LogP contribution in [0, 0.1) is 6.92 Å². The molecular formula is C15H23N5O3S2. The van der Waals surface area contributed by atoms with E-state index >= 15 is 0 Å². The molecule has 0 unspecified atom stereocenters. The molecule has 0 bridgehead atoms. The van der Waals surface area contributed by atoms with Gasteiger partial charge >= 0.3 is 0 Å². The number of ether oxygens (including phenoxy) is 1. The van der Waals surface area contributed by atoms with Crippen LogP contribution in [-0.2, 0) is 9.53 Å². The van der Waals surface area contributed by atoms with Crippen LogP contribution in [0.5, 0.6) is 0 Å². The lowest BCUT2D eigenvalue weighted by Gasteiger charge is -2.36. The minimum absolute atomic E-state index is 0.127. The van der Waals surface area contributed by atoms with E-state index in [-0.39, 0.29) is 12.2 Å². The number of nitrogens with two attached hydrogens (primary N) is 1. The fourth-order valence-electron chi connectivity index (χ4n) is 2.65. The van der Waals surface area contributed by atoms with Gasteiger partial charge in [0.2, 0.25) is 6.41 Å². The van der Waals surface area contributed by atoms with Gasteiger partial charge in [-0.05, 0) is 13.8 Å². The molecule has 3 N–H and O–H groups in total. The fraction of sp³-hybridized carbons (Fsp3) is 0.533. The quantitative estimate of drug-likeness (QED) is 0.326. The number of rotatable bonds is 6. The number of anilines is 2. The Hall–Kier alpha value is -1.49. The van der Waals surface area contributed by atoms with Gasteiger partial charge in [-0.1, -0.05) is 0 Å². The number of amides is 1. The molecule has 1 aliphatic heterocycles. The first-order valence-electron chi connectivity index (χ1n) is 7.76. The summed E-state index contributed by atoms with van der Waals surface area (Å²) in [5.41, 5.74) is 7.65. The average molecular weight is 386 g/mol. The highest BCUT2D eigenvalue weighted by atomic mass is 32.2. The summed E-state index contributed by atoms with van der Waals surface area (Å²) in [6, 6.07) is 0. The number of aliphatic hydroxyl groups is 1. The maximum Gasteiger partial charge on any atom is 0.218 e. The second-order valence-electron chi connectivity index (χ2n) is 5.75. The molecule has 1 saturated heterocycles. The highest BCUT2D eigenvalue weighted by molar-refractivity contribution is 8.00. The number of carbonyl (C=O) groups excluding carboxylic acids is 1. The topological polar surface area (TPSA) is 105 Å². The van der Waals surface area contributed by atoms with Gasteiger partial charge in [0.25, 0.3) is 0 Å². The number of carbonyl (C=O) groups is 1. The number of hydrogen-bond donors (Lipinski definition) is 4. The molecule has 1 aromatic rings. The smallest absolute Gasteiger partial charge is 0.218 e. The number of allylic oxidation sites excluding steroid dienone is 1. The summed E-state index contributed by atoms with van der Waals surface area (Å²) in [6.45, 7) is 5.88. The molecule has 1 aromatic heterocycles. The Labute approximate surface area is 157 Å². The van der Waals surface area contributed by atoms with Gasteiger partial charge in [0.1, 0.15) is 11.5 Å². The predicted molar refractivity (Wildman–Crippen MR) is 102 cm³/mol. The molecule has 0 spiro atoms. The third kappa shape index (κ3) is 5.24. The number of hydrogen-bond acceptors (Lipinski definition) is 9. The summed E-state index contributed by atoms with van der Waals surface area (Å²) in [4.78, 5) is 23.4. The summed E-state index contributed by atoms with van der Waals surface area (Å²) in [7, 11) is 0. The van der Waals surface area contributed by atoms with Crippen LogP contribution in [0.15, 0.2) is 17.6 Å². The van der Waals surface area contributed by atoms with Crippen LogP contribution in [0.25, 0.3) is 0 Å². The zero-order valence-corrected chi connectivity index (χ0v) is 16.0. The third-order valence-corrected chi connectivity index (χ3v) is 4.18. The number of nitrogens with zero attached hydrogens (tertiary/aromatic N) is 4. The minimum Gasteiger partial charge on any atom is -0.382 e. The number of thiol groups is 2. The van der Waals surface area contributed by atoms with Gasteiger partial charge in [-0.3, -0.25) is 9.69 Å². The van der Waals surface area contributed by atoms with Crippen LogP contribution in [0.3, 0.4) is 0 Å². The maximum atomic E-state index is 11.8. The lowest BCUT2D eigenvalue weighted by atomic mass is 10.2. The minimum atomic E-state index is -1.53. The first-order valence-corrected chi connectivity index (χ1v) is 8.65. The maximum absolute atomic E-state index is 11.8. The zero-order valence-electron chi connectivity index (χ0n) is 14.2. The third-order valence-electron chi connectivity index (χ3n) is 3.86. The Morgan fingerprint density at radius 3 is 2.68 bits per heavy atom. The van der Waals surface area contributed by atoms with Crippen LogP contribution in [-0.4, -0.2) is 57.0 Å². The van der Waals surface area contributed by atoms with Gasteiger partial charge in [0.05, 0.1) is 19.4 Å². The van der Waals surface area contributed by atoms with E-state index < -0.39 is 4.27 Å². The first-order chi connectivity index (χ1) is 11.7. The molecule has 0 atom stereocenters. The zero-order chi connectivity index (χ0) is 18.6. The number of aryl methyl sites for hydroxylation is 1. The highest BCUT2D eigenvalue weighted by Gasteiger charge is 2.27. The van der Waals surface area contributed by atoms with E-state index in [0.717, 1.165) is 5.70 Å². The van der Waals surface area contributed by atoms with E-state index in [1.165, 1.54) is 11.1 Å². The van der Waals surface area contributed by atoms with Crippen LogP contribution in [0.1, 0.15) is 19.2 Å². The van der Waals surface area contributed by atoms with Gasteiger partial charge in [-0.25, -0.2) is 9.97 Å². The van der Waals surface area contributed by atoms with E-state index in [2.05, 4.69) is 35.2 Å². The van der Waals surface area contributed by atoms with Crippen molar-refractivity contribution in [3.8, 4) is 0 Å². The van der Waals surface area contributed by atoms with E-state index in [1.54, 1.807) is 13.8 Å². The van der Waals surface area contributed by atoms with Crippen LogP contribution in [0.4, 0.5) is 11.5 Å². The number of morpholine rings is 1. The summed E-state index contributed by atoms with van der Waals surface area (Å²) in [6.07, 6.45) is 2.28. The largest absolute Gasteiger partial charge is 0.382 e. The molecule has 1 aliphatic rings. The molecule has 2 rings (SSSR count). The second kappa shape index (κ2) is 8.26. The van der Waals surface area contributed by atoms with Crippen molar-refractivity contribution >= 4 is 43.2 Å². The first kappa shape index (κ1) is 19.8. The summed E-state index contributed by atoms with van der Waals surface area (Å²) in [5, 5.41) is 10.1. The molecule has 25 heavy (non-hydrogen) atoms. The average Bonchev–Trinajstić information content (AvgIpc) is 2.55. The van der Waals surface area contributed by atoms with Crippen LogP contribution >= 0.6 is 25.3 Å². The van der Waals surface area contributed by atoms with Crippen LogP contribution in [0.2, 0.25) is 0 Å². The second-order valence-corrected chi connectivity index (χ2v) is 7.58. The standard InChI is InChI=1S/C15H23N5O3S2/c1-10(20(9-21)13-8-17-11(2)18-14(13)16)12(7-15(22,24)25)19-3-5-23-6-4-19/h8-9,22,24-25H,3-7H2,1-2H3,(H2,16,17,18). The van der Waals surface area contributed by atoms with Gasteiger partial charge in [-0.2, -0.15) is 0 Å². The molecule has 0 saturated carbocycles. The molecular weight excluding hydrogens is 362 g/mol. The lowest BCUT2D eigenvalue weighted by molar-refractivity contribution is -0.107. The monoisotopic (exact) mass is 385 g/mol. The molecule has 10 heteroatoms. The predicted octanol–water partition coefficient (Wildman–Crippen LogP) is 0.790. The molecule has 8 nitrogen and oxygen atoms in total. The number of nitrogen functional groups attached to an aromatic ring is 1. The van der Waals surface area contributed by atoms with E-state index in [9.17, 15) is 9.90 Å². The van der Waals surface area contributed by atoms with E-state index in [4.69, 9.17) is 10.5 Å². The summed E-state index contributed by atoms with van der Waals surface area (Å²) in [5.74, 6) is 0.717.